The summed E-state index contributed by atoms with van der Waals surface area (Å²) in [6.07, 6.45) is 2.31. The second kappa shape index (κ2) is 6.79. The highest BCUT2D eigenvalue weighted by Gasteiger charge is 2.34. The molecular formula is C16H23BrN2O2. The minimum absolute atomic E-state index is 0.0181. The van der Waals surface area contributed by atoms with Crippen LogP contribution in [0.2, 0.25) is 0 Å². The lowest BCUT2D eigenvalue weighted by atomic mass is 10.2. The third-order valence-electron chi connectivity index (χ3n) is 4.28. The largest absolute Gasteiger partial charge is 0.497 e. The summed E-state index contributed by atoms with van der Waals surface area (Å²) < 4.78 is 6.06. The molecule has 0 aromatic heterocycles. The van der Waals surface area contributed by atoms with Crippen LogP contribution in [0.4, 0.5) is 5.69 Å². The highest BCUT2D eigenvalue weighted by Crippen LogP contribution is 2.29. The first-order valence-corrected chi connectivity index (χ1v) is 8.15. The van der Waals surface area contributed by atoms with Gasteiger partial charge in [0.25, 0.3) is 0 Å². The zero-order valence-corrected chi connectivity index (χ0v) is 14.6. The Morgan fingerprint density at radius 3 is 2.57 bits per heavy atom. The van der Waals surface area contributed by atoms with Crippen molar-refractivity contribution in [2.75, 3.05) is 12.4 Å². The highest BCUT2D eigenvalue weighted by atomic mass is 79.9. The Balaban J connectivity index is 2.10. The number of halogens is 1. The predicted molar refractivity (Wildman–Crippen MR) is 88.8 cm³/mol. The second-order valence-electron chi connectivity index (χ2n) is 5.73. The number of carbonyl (C=O) groups excluding carboxylic acids is 1. The fourth-order valence-electron chi connectivity index (χ4n) is 3.08. The number of rotatable bonds is 4. The maximum Gasteiger partial charge on any atom is 0.241 e. The van der Waals surface area contributed by atoms with Crippen molar-refractivity contribution >= 4 is 27.5 Å². The maximum atomic E-state index is 12.5. The van der Waals surface area contributed by atoms with Crippen LogP contribution in [-0.2, 0) is 4.79 Å². The quantitative estimate of drug-likeness (QED) is 0.896. The standard InChI is InChI=1S/C16H23BrN2O2/c1-10-5-6-11(2)19(10)12(3)16(20)18-15-9-13(21-4)7-8-14(15)17/h7-12H,5-6H2,1-4H3,(H,18,20). The molecule has 1 fully saturated rings. The Hall–Kier alpha value is -1.07. The van der Waals surface area contributed by atoms with Crippen LogP contribution in [0.3, 0.4) is 0 Å². The van der Waals surface area contributed by atoms with E-state index in [0.717, 1.165) is 28.8 Å². The summed E-state index contributed by atoms with van der Waals surface area (Å²) in [7, 11) is 1.62. The molecule has 1 aliphatic rings. The second-order valence-corrected chi connectivity index (χ2v) is 6.59. The van der Waals surface area contributed by atoms with Crippen LogP contribution in [0.5, 0.6) is 5.75 Å². The molecule has 1 saturated heterocycles. The van der Waals surface area contributed by atoms with E-state index in [2.05, 4.69) is 40.0 Å². The Morgan fingerprint density at radius 2 is 2.00 bits per heavy atom. The molecule has 0 aliphatic carbocycles. The fourth-order valence-corrected chi connectivity index (χ4v) is 3.42. The smallest absolute Gasteiger partial charge is 0.241 e. The molecule has 116 valence electrons. The molecular weight excluding hydrogens is 332 g/mol. The van der Waals surface area contributed by atoms with Gasteiger partial charge in [0.1, 0.15) is 5.75 Å². The van der Waals surface area contributed by atoms with Crippen LogP contribution >= 0.6 is 15.9 Å². The van der Waals surface area contributed by atoms with Gasteiger partial charge in [-0.05, 0) is 61.7 Å². The number of likely N-dealkylation sites (tertiary alicyclic amines) is 1. The van der Waals surface area contributed by atoms with E-state index in [0.29, 0.717) is 12.1 Å². The topological polar surface area (TPSA) is 41.6 Å². The van der Waals surface area contributed by atoms with Crippen molar-refractivity contribution in [2.24, 2.45) is 0 Å². The molecule has 0 radical (unpaired) electrons. The van der Waals surface area contributed by atoms with E-state index in [4.69, 9.17) is 4.74 Å². The maximum absolute atomic E-state index is 12.5. The SMILES string of the molecule is COc1ccc(Br)c(NC(=O)C(C)N2C(C)CCC2C)c1. The number of hydrogen-bond acceptors (Lipinski definition) is 3. The minimum atomic E-state index is -0.143. The molecule has 1 aromatic carbocycles. The number of ether oxygens (including phenoxy) is 1. The summed E-state index contributed by atoms with van der Waals surface area (Å²) in [4.78, 5) is 14.8. The van der Waals surface area contributed by atoms with Crippen LogP contribution in [0.1, 0.15) is 33.6 Å². The molecule has 2 rings (SSSR count). The number of carbonyl (C=O) groups is 1. The Labute approximate surface area is 135 Å². The van der Waals surface area contributed by atoms with E-state index in [-0.39, 0.29) is 11.9 Å². The summed E-state index contributed by atoms with van der Waals surface area (Å²) in [5.74, 6) is 0.744. The van der Waals surface area contributed by atoms with Crippen molar-refractivity contribution in [1.82, 2.24) is 4.90 Å². The highest BCUT2D eigenvalue weighted by molar-refractivity contribution is 9.10. The van der Waals surface area contributed by atoms with Gasteiger partial charge in [-0.25, -0.2) is 0 Å². The van der Waals surface area contributed by atoms with E-state index in [9.17, 15) is 4.79 Å². The van der Waals surface area contributed by atoms with Gasteiger partial charge in [-0.1, -0.05) is 0 Å². The third-order valence-corrected chi connectivity index (χ3v) is 4.97. The van der Waals surface area contributed by atoms with Crippen molar-refractivity contribution in [2.45, 2.75) is 51.7 Å². The molecule has 1 aromatic rings. The molecule has 5 heteroatoms. The van der Waals surface area contributed by atoms with Crippen LogP contribution in [0.25, 0.3) is 0 Å². The van der Waals surface area contributed by atoms with E-state index < -0.39 is 0 Å². The Morgan fingerprint density at radius 1 is 1.38 bits per heavy atom. The van der Waals surface area contributed by atoms with Gasteiger partial charge >= 0.3 is 0 Å². The average Bonchev–Trinajstić information content (AvgIpc) is 2.79. The number of anilines is 1. The zero-order valence-electron chi connectivity index (χ0n) is 13.0. The third kappa shape index (κ3) is 3.58. The first-order chi connectivity index (χ1) is 9.93. The van der Waals surface area contributed by atoms with Gasteiger partial charge < -0.3 is 10.1 Å². The van der Waals surface area contributed by atoms with Gasteiger partial charge in [-0.15, -0.1) is 0 Å². The average molecular weight is 355 g/mol. The fraction of sp³-hybridized carbons (Fsp3) is 0.562. The number of benzene rings is 1. The number of hydrogen-bond donors (Lipinski definition) is 1. The molecule has 3 unspecified atom stereocenters. The van der Waals surface area contributed by atoms with Gasteiger partial charge in [0, 0.05) is 22.6 Å². The lowest BCUT2D eigenvalue weighted by molar-refractivity contribution is -0.121. The molecule has 1 amide bonds. The van der Waals surface area contributed by atoms with Crippen molar-refractivity contribution in [3.05, 3.63) is 22.7 Å². The van der Waals surface area contributed by atoms with Crippen LogP contribution in [0.15, 0.2) is 22.7 Å². The lowest BCUT2D eigenvalue weighted by Crippen LogP contribution is -2.46. The van der Waals surface area contributed by atoms with Crippen molar-refractivity contribution < 1.29 is 9.53 Å². The van der Waals surface area contributed by atoms with Gasteiger partial charge in [-0.3, -0.25) is 9.69 Å². The van der Waals surface area contributed by atoms with E-state index >= 15 is 0 Å². The zero-order chi connectivity index (χ0) is 15.6. The molecule has 4 nitrogen and oxygen atoms in total. The van der Waals surface area contributed by atoms with Crippen LogP contribution < -0.4 is 10.1 Å². The van der Waals surface area contributed by atoms with Crippen LogP contribution in [0, 0.1) is 0 Å². The van der Waals surface area contributed by atoms with Crippen molar-refractivity contribution in [3.63, 3.8) is 0 Å². The first kappa shape index (κ1) is 16.3. The number of amides is 1. The molecule has 1 heterocycles. The summed E-state index contributed by atoms with van der Waals surface area (Å²) in [6.45, 7) is 6.35. The number of nitrogens with zero attached hydrogens (tertiary/aromatic N) is 1. The molecule has 0 saturated carbocycles. The molecule has 0 bridgehead atoms. The minimum Gasteiger partial charge on any atom is -0.497 e. The number of nitrogens with one attached hydrogen (secondary N) is 1. The number of methoxy groups -OCH3 is 1. The Bertz CT molecular complexity index is 511. The Kier molecular flexibility index (Phi) is 5.27. The normalized spacial score (nSPS) is 23.9. The van der Waals surface area contributed by atoms with E-state index in [1.807, 2.05) is 25.1 Å². The summed E-state index contributed by atoms with van der Waals surface area (Å²) in [5, 5.41) is 3.00. The predicted octanol–water partition coefficient (Wildman–Crippen LogP) is 3.66. The summed E-state index contributed by atoms with van der Waals surface area (Å²) in [6, 6.07) is 6.32. The van der Waals surface area contributed by atoms with E-state index in [1.54, 1.807) is 7.11 Å². The van der Waals surface area contributed by atoms with E-state index in [1.165, 1.54) is 0 Å². The van der Waals surface area contributed by atoms with Gasteiger partial charge in [0.2, 0.25) is 5.91 Å². The summed E-state index contributed by atoms with van der Waals surface area (Å²) in [5.41, 5.74) is 0.741. The van der Waals surface area contributed by atoms with Crippen LogP contribution in [-0.4, -0.2) is 36.0 Å². The van der Waals surface area contributed by atoms with Crippen molar-refractivity contribution in [1.29, 1.82) is 0 Å². The summed E-state index contributed by atoms with van der Waals surface area (Å²) >= 11 is 3.46. The monoisotopic (exact) mass is 354 g/mol. The lowest BCUT2D eigenvalue weighted by Gasteiger charge is -2.31. The first-order valence-electron chi connectivity index (χ1n) is 7.36. The molecule has 1 N–H and O–H groups in total. The van der Waals surface area contributed by atoms with Crippen molar-refractivity contribution in [3.8, 4) is 5.75 Å². The van der Waals surface area contributed by atoms with Gasteiger partial charge in [-0.2, -0.15) is 0 Å². The molecule has 3 atom stereocenters. The molecule has 1 aliphatic heterocycles. The van der Waals surface area contributed by atoms with Gasteiger partial charge in [0.15, 0.2) is 0 Å². The molecule has 21 heavy (non-hydrogen) atoms. The van der Waals surface area contributed by atoms with Gasteiger partial charge in [0.05, 0.1) is 18.8 Å². The molecule has 0 spiro atoms.